The zero-order valence-electron chi connectivity index (χ0n) is 16.0. The summed E-state index contributed by atoms with van der Waals surface area (Å²) in [6.07, 6.45) is 0.532. The highest BCUT2D eigenvalue weighted by molar-refractivity contribution is 5.81. The number of methoxy groups -OCH3 is 2. The summed E-state index contributed by atoms with van der Waals surface area (Å²) >= 11 is 0. The van der Waals surface area contributed by atoms with E-state index >= 15 is 0 Å². The summed E-state index contributed by atoms with van der Waals surface area (Å²) in [4.78, 5) is 38.8. The smallest absolute Gasteiger partial charge is 0.349 e. The van der Waals surface area contributed by atoms with E-state index in [0.717, 1.165) is 4.68 Å². The number of aromatic amines is 1. The van der Waals surface area contributed by atoms with Crippen LogP contribution in [0.15, 0.2) is 57.2 Å². The van der Waals surface area contributed by atoms with Gasteiger partial charge in [-0.05, 0) is 42.8 Å². The van der Waals surface area contributed by atoms with Crippen LogP contribution in [0.3, 0.4) is 0 Å². The lowest BCUT2D eigenvalue weighted by molar-refractivity contribution is -0.147. The average Bonchev–Trinajstić information content (AvgIpc) is 2.73. The van der Waals surface area contributed by atoms with Gasteiger partial charge in [0.15, 0.2) is 17.6 Å². The monoisotopic (exact) mass is 397 g/mol. The van der Waals surface area contributed by atoms with Crippen molar-refractivity contribution in [2.45, 2.75) is 13.0 Å². The van der Waals surface area contributed by atoms with Gasteiger partial charge in [0.05, 0.1) is 31.3 Å². The molecule has 0 amide bonds. The van der Waals surface area contributed by atoms with Crippen LogP contribution in [0.4, 0.5) is 0 Å². The summed E-state index contributed by atoms with van der Waals surface area (Å²) in [7, 11) is 2.72. The third-order valence-electron chi connectivity index (χ3n) is 4.13. The number of fused-ring (bicyclic) bond motifs is 1. The molecule has 9 nitrogen and oxygen atoms in total. The van der Waals surface area contributed by atoms with E-state index in [-0.39, 0.29) is 0 Å². The molecule has 3 rings (SSSR count). The van der Waals surface area contributed by atoms with E-state index in [4.69, 9.17) is 9.47 Å². The van der Waals surface area contributed by atoms with Crippen molar-refractivity contribution in [3.63, 3.8) is 0 Å². The van der Waals surface area contributed by atoms with Crippen molar-refractivity contribution in [2.24, 2.45) is 5.10 Å². The van der Waals surface area contributed by atoms with Crippen LogP contribution in [0.25, 0.3) is 10.9 Å². The number of H-pyrrole nitrogens is 1. The van der Waals surface area contributed by atoms with Crippen LogP contribution in [0, 0.1) is 0 Å². The number of aromatic nitrogens is 2. The van der Waals surface area contributed by atoms with Gasteiger partial charge in [-0.25, -0.2) is 9.59 Å². The predicted octanol–water partition coefficient (Wildman–Crippen LogP) is 1.52. The Balaban J connectivity index is 1.92. The highest BCUT2D eigenvalue weighted by atomic mass is 16.6. The van der Waals surface area contributed by atoms with E-state index in [2.05, 4.69) is 14.8 Å². The van der Waals surface area contributed by atoms with Crippen molar-refractivity contribution < 1.29 is 19.0 Å². The number of nitrogens with one attached hydrogen (secondary N) is 1. The minimum Gasteiger partial charge on any atom is -0.493 e. The van der Waals surface area contributed by atoms with Gasteiger partial charge in [0.25, 0.3) is 5.56 Å². The third-order valence-corrected chi connectivity index (χ3v) is 4.13. The quantitative estimate of drug-likeness (QED) is 0.499. The summed E-state index contributed by atoms with van der Waals surface area (Å²) in [6.45, 7) is 1.55. The van der Waals surface area contributed by atoms with Crippen molar-refractivity contribution in [3.05, 3.63) is 68.9 Å². The van der Waals surface area contributed by atoms with Gasteiger partial charge in [-0.3, -0.25) is 4.79 Å². The lowest BCUT2D eigenvalue weighted by Crippen LogP contribution is -2.32. The average molecular weight is 397 g/mol. The molecule has 0 fully saturated rings. The first-order valence-corrected chi connectivity index (χ1v) is 8.65. The zero-order chi connectivity index (χ0) is 21.0. The molecule has 2 aromatic carbocycles. The van der Waals surface area contributed by atoms with Crippen LogP contribution in [0.2, 0.25) is 0 Å². The van der Waals surface area contributed by atoms with E-state index in [1.54, 1.807) is 49.4 Å². The maximum Gasteiger partial charge on any atom is 0.349 e. The second kappa shape index (κ2) is 8.42. The molecule has 9 heteroatoms. The number of carbonyl (C=O) groups excluding carboxylic acids is 1. The number of nitrogens with zero attached hydrogens (tertiary/aromatic N) is 2. The fraction of sp³-hybridized carbons (Fsp3) is 0.200. The standard InChI is InChI=1S/C20H19N3O6/c1-12(19(25)28-3)29-16-9-8-13(10-17(16)27-2)11-21-23-18(24)14-6-4-5-7-15(14)22-20(23)26/h4-12H,1-3H3,(H,22,26). The molecule has 0 aliphatic rings. The van der Waals surface area contributed by atoms with Crippen LogP contribution >= 0.6 is 0 Å². The molecule has 0 spiro atoms. The van der Waals surface area contributed by atoms with Gasteiger partial charge < -0.3 is 19.2 Å². The van der Waals surface area contributed by atoms with E-state index < -0.39 is 23.3 Å². The Morgan fingerprint density at radius 3 is 2.62 bits per heavy atom. The Hall–Kier alpha value is -3.88. The Bertz CT molecular complexity index is 1190. The molecule has 3 aromatic rings. The molecular weight excluding hydrogens is 378 g/mol. The highest BCUT2D eigenvalue weighted by Gasteiger charge is 2.17. The summed E-state index contributed by atoms with van der Waals surface area (Å²) in [6, 6.07) is 11.5. The maximum atomic E-state index is 12.5. The number of hydrogen-bond acceptors (Lipinski definition) is 7. The molecule has 1 unspecified atom stereocenters. The van der Waals surface area contributed by atoms with E-state index in [1.165, 1.54) is 20.4 Å². The summed E-state index contributed by atoms with van der Waals surface area (Å²) < 4.78 is 16.2. The van der Waals surface area contributed by atoms with Crippen molar-refractivity contribution in [1.82, 2.24) is 9.66 Å². The Morgan fingerprint density at radius 1 is 1.14 bits per heavy atom. The van der Waals surface area contributed by atoms with Crippen LogP contribution in [-0.2, 0) is 9.53 Å². The zero-order valence-corrected chi connectivity index (χ0v) is 16.0. The van der Waals surface area contributed by atoms with Gasteiger partial charge in [-0.1, -0.05) is 12.1 Å². The third kappa shape index (κ3) is 4.18. The second-order valence-electron chi connectivity index (χ2n) is 6.03. The molecule has 0 radical (unpaired) electrons. The van der Waals surface area contributed by atoms with E-state index in [9.17, 15) is 14.4 Å². The van der Waals surface area contributed by atoms with Crippen LogP contribution in [0.1, 0.15) is 12.5 Å². The molecule has 1 heterocycles. The number of carbonyl (C=O) groups is 1. The molecular formula is C20H19N3O6. The SMILES string of the molecule is COC(=O)C(C)Oc1ccc(C=Nn2c(=O)[nH]c3ccccc3c2=O)cc1OC. The molecule has 29 heavy (non-hydrogen) atoms. The van der Waals surface area contributed by atoms with Crippen molar-refractivity contribution in [2.75, 3.05) is 14.2 Å². The first kappa shape index (κ1) is 19.9. The van der Waals surface area contributed by atoms with Gasteiger partial charge in [-0.15, -0.1) is 4.68 Å². The minimum absolute atomic E-state index is 0.336. The molecule has 0 aliphatic heterocycles. The largest absolute Gasteiger partial charge is 0.493 e. The number of esters is 1. The summed E-state index contributed by atoms with van der Waals surface area (Å²) in [5, 5.41) is 4.35. The lowest BCUT2D eigenvalue weighted by atomic mass is 10.2. The van der Waals surface area contributed by atoms with E-state index in [1.807, 2.05) is 0 Å². The van der Waals surface area contributed by atoms with Crippen molar-refractivity contribution in [1.29, 1.82) is 0 Å². The van der Waals surface area contributed by atoms with Crippen molar-refractivity contribution in [3.8, 4) is 11.5 Å². The number of rotatable bonds is 6. The summed E-state index contributed by atoms with van der Waals surface area (Å²) in [5.41, 5.74) is -0.181. The van der Waals surface area contributed by atoms with Crippen LogP contribution in [0.5, 0.6) is 11.5 Å². The molecule has 150 valence electrons. The van der Waals surface area contributed by atoms with Gasteiger partial charge >= 0.3 is 11.7 Å². The Morgan fingerprint density at radius 2 is 1.90 bits per heavy atom. The topological polar surface area (TPSA) is 112 Å². The Kier molecular flexibility index (Phi) is 5.77. The molecule has 1 N–H and O–H groups in total. The molecule has 0 bridgehead atoms. The van der Waals surface area contributed by atoms with Gasteiger partial charge in [0.1, 0.15) is 0 Å². The number of ether oxygens (including phenoxy) is 3. The number of benzene rings is 2. The van der Waals surface area contributed by atoms with E-state index in [0.29, 0.717) is 28.0 Å². The van der Waals surface area contributed by atoms with Gasteiger partial charge in [-0.2, -0.15) is 5.10 Å². The second-order valence-corrected chi connectivity index (χ2v) is 6.03. The fourth-order valence-corrected chi connectivity index (χ4v) is 2.65. The molecule has 0 saturated heterocycles. The normalized spacial score (nSPS) is 12.1. The van der Waals surface area contributed by atoms with Crippen LogP contribution in [-0.4, -0.2) is 42.2 Å². The highest BCUT2D eigenvalue weighted by Crippen LogP contribution is 2.28. The van der Waals surface area contributed by atoms with Crippen LogP contribution < -0.4 is 20.7 Å². The summed E-state index contributed by atoms with van der Waals surface area (Å²) in [5.74, 6) is 0.167. The van der Waals surface area contributed by atoms with Gasteiger partial charge in [0, 0.05) is 0 Å². The number of para-hydroxylation sites is 1. The molecule has 1 atom stereocenters. The molecule has 1 aromatic heterocycles. The molecule has 0 aliphatic carbocycles. The molecule has 0 saturated carbocycles. The maximum absolute atomic E-state index is 12.5. The Labute approximate surface area is 165 Å². The minimum atomic E-state index is -0.817. The van der Waals surface area contributed by atoms with Gasteiger partial charge in [0.2, 0.25) is 0 Å². The predicted molar refractivity (Wildman–Crippen MR) is 107 cm³/mol. The fourth-order valence-electron chi connectivity index (χ4n) is 2.65. The lowest BCUT2D eigenvalue weighted by Gasteiger charge is -2.15. The first-order valence-electron chi connectivity index (χ1n) is 8.65. The first-order chi connectivity index (χ1) is 13.9. The van der Waals surface area contributed by atoms with Crippen molar-refractivity contribution >= 4 is 23.1 Å². The number of hydrogen-bond donors (Lipinski definition) is 1.